The maximum atomic E-state index is 13.4. The normalized spacial score (nSPS) is 12.2. The highest BCUT2D eigenvalue weighted by atomic mass is 79.9. The van der Waals surface area contributed by atoms with Gasteiger partial charge in [0.05, 0.1) is 18.2 Å². The van der Waals surface area contributed by atoms with Gasteiger partial charge in [0.25, 0.3) is 5.91 Å². The fourth-order valence-corrected chi connectivity index (χ4v) is 1.77. The number of nitrogens with one attached hydrogen (secondary N) is 1. The van der Waals surface area contributed by atoms with E-state index in [9.17, 15) is 9.18 Å². The van der Waals surface area contributed by atoms with E-state index in [2.05, 4.69) is 21.2 Å². The monoisotopic (exact) mass is 289 g/mol. The number of benzene rings is 1. The molecule has 0 heterocycles. The van der Waals surface area contributed by atoms with Crippen LogP contribution in [0, 0.1) is 5.82 Å². The zero-order chi connectivity index (χ0) is 12.1. The lowest BCUT2D eigenvalue weighted by Crippen LogP contribution is -2.37. The minimum absolute atomic E-state index is 0.0330. The Morgan fingerprint density at radius 2 is 2.31 bits per heavy atom. The van der Waals surface area contributed by atoms with E-state index in [4.69, 9.17) is 5.11 Å². The predicted molar refractivity (Wildman–Crippen MR) is 62.7 cm³/mol. The van der Waals surface area contributed by atoms with Gasteiger partial charge >= 0.3 is 0 Å². The lowest BCUT2D eigenvalue weighted by Gasteiger charge is -2.14. The number of carbonyl (C=O) groups excluding carboxylic acids is 1. The molecule has 2 N–H and O–H groups in total. The van der Waals surface area contributed by atoms with Crippen LogP contribution in [0.25, 0.3) is 0 Å². The average Bonchev–Trinajstić information content (AvgIpc) is 2.25. The van der Waals surface area contributed by atoms with Crippen molar-refractivity contribution in [3.63, 3.8) is 0 Å². The first-order valence-corrected chi connectivity index (χ1v) is 5.75. The van der Waals surface area contributed by atoms with Gasteiger partial charge in [-0.15, -0.1) is 0 Å². The zero-order valence-corrected chi connectivity index (χ0v) is 10.4. The van der Waals surface area contributed by atoms with Crippen LogP contribution < -0.4 is 5.32 Å². The van der Waals surface area contributed by atoms with E-state index >= 15 is 0 Å². The minimum Gasteiger partial charge on any atom is -0.394 e. The van der Waals surface area contributed by atoms with Crippen LogP contribution in [0.5, 0.6) is 0 Å². The van der Waals surface area contributed by atoms with Gasteiger partial charge in [-0.1, -0.05) is 13.0 Å². The summed E-state index contributed by atoms with van der Waals surface area (Å²) in [6.07, 6.45) is 0.592. The minimum atomic E-state index is -0.584. The summed E-state index contributed by atoms with van der Waals surface area (Å²) in [6.45, 7) is 1.67. The number of carbonyl (C=O) groups is 1. The summed E-state index contributed by atoms with van der Waals surface area (Å²) in [6, 6.07) is 3.98. The Morgan fingerprint density at radius 3 is 2.81 bits per heavy atom. The second-order valence-electron chi connectivity index (χ2n) is 3.36. The molecule has 16 heavy (non-hydrogen) atoms. The first-order chi connectivity index (χ1) is 7.60. The van der Waals surface area contributed by atoms with Crippen molar-refractivity contribution in [1.29, 1.82) is 0 Å². The number of hydrogen-bond donors (Lipinski definition) is 2. The highest BCUT2D eigenvalue weighted by Gasteiger charge is 2.17. The Balaban J connectivity index is 2.88. The van der Waals surface area contributed by atoms with Crippen molar-refractivity contribution in [2.45, 2.75) is 19.4 Å². The van der Waals surface area contributed by atoms with Gasteiger partial charge in [0.1, 0.15) is 5.82 Å². The van der Waals surface area contributed by atoms with Gasteiger partial charge in [0.2, 0.25) is 0 Å². The molecule has 0 bridgehead atoms. The predicted octanol–water partition coefficient (Wildman–Crippen LogP) is 2.09. The number of rotatable bonds is 4. The summed E-state index contributed by atoms with van der Waals surface area (Å²) >= 11 is 3.12. The molecule has 0 spiro atoms. The Labute approximate surface area is 102 Å². The van der Waals surface area contributed by atoms with Crippen molar-refractivity contribution in [2.75, 3.05) is 6.61 Å². The Kier molecular flexibility index (Phi) is 4.89. The van der Waals surface area contributed by atoms with Crippen LogP contribution in [-0.4, -0.2) is 23.7 Å². The second-order valence-corrected chi connectivity index (χ2v) is 4.21. The third-order valence-electron chi connectivity index (χ3n) is 2.24. The number of aliphatic hydroxyl groups excluding tert-OH is 1. The van der Waals surface area contributed by atoms with E-state index in [0.717, 1.165) is 0 Å². The van der Waals surface area contributed by atoms with Crippen LogP contribution in [0.1, 0.15) is 23.7 Å². The molecule has 0 unspecified atom stereocenters. The van der Waals surface area contributed by atoms with Crippen LogP contribution in [-0.2, 0) is 0 Å². The molecule has 1 aromatic carbocycles. The van der Waals surface area contributed by atoms with Crippen LogP contribution in [0.2, 0.25) is 0 Å². The molecule has 0 aromatic heterocycles. The van der Waals surface area contributed by atoms with E-state index in [-0.39, 0.29) is 18.2 Å². The smallest absolute Gasteiger partial charge is 0.255 e. The van der Waals surface area contributed by atoms with E-state index in [1.54, 1.807) is 6.07 Å². The van der Waals surface area contributed by atoms with Crippen LogP contribution in [0.4, 0.5) is 4.39 Å². The van der Waals surface area contributed by atoms with E-state index < -0.39 is 11.7 Å². The molecule has 0 fully saturated rings. The lowest BCUT2D eigenvalue weighted by molar-refractivity contribution is 0.0910. The Bertz CT molecular complexity index is 360. The molecule has 88 valence electrons. The molecule has 3 nitrogen and oxygen atoms in total. The average molecular weight is 290 g/mol. The zero-order valence-electron chi connectivity index (χ0n) is 8.84. The molecule has 0 aliphatic carbocycles. The van der Waals surface area contributed by atoms with Gasteiger partial charge in [-0.05, 0) is 34.5 Å². The van der Waals surface area contributed by atoms with Gasteiger partial charge in [0, 0.05) is 4.47 Å². The van der Waals surface area contributed by atoms with Crippen molar-refractivity contribution in [1.82, 2.24) is 5.32 Å². The maximum absolute atomic E-state index is 13.4. The van der Waals surface area contributed by atoms with Gasteiger partial charge in [-0.2, -0.15) is 0 Å². The fourth-order valence-electron chi connectivity index (χ4n) is 1.25. The van der Waals surface area contributed by atoms with Crippen molar-refractivity contribution >= 4 is 21.8 Å². The molecule has 1 aromatic rings. The van der Waals surface area contributed by atoms with Crippen molar-refractivity contribution in [3.05, 3.63) is 34.1 Å². The summed E-state index contributed by atoms with van der Waals surface area (Å²) in [5, 5.41) is 11.5. The molecule has 1 atom stereocenters. The molecule has 5 heteroatoms. The number of hydrogen-bond acceptors (Lipinski definition) is 2. The van der Waals surface area contributed by atoms with Gasteiger partial charge in [-0.3, -0.25) is 4.79 Å². The van der Waals surface area contributed by atoms with E-state index in [1.807, 2.05) is 6.92 Å². The fraction of sp³-hybridized carbons (Fsp3) is 0.364. The van der Waals surface area contributed by atoms with Gasteiger partial charge in [0.15, 0.2) is 0 Å². The third kappa shape index (κ3) is 3.02. The van der Waals surface area contributed by atoms with Crippen molar-refractivity contribution < 1.29 is 14.3 Å². The molecule has 1 rings (SSSR count). The van der Waals surface area contributed by atoms with Gasteiger partial charge in [-0.25, -0.2) is 4.39 Å². The topological polar surface area (TPSA) is 49.3 Å². The largest absolute Gasteiger partial charge is 0.394 e. The van der Waals surface area contributed by atoms with Crippen molar-refractivity contribution in [2.24, 2.45) is 0 Å². The second kappa shape index (κ2) is 5.96. The third-order valence-corrected chi connectivity index (χ3v) is 2.90. The van der Waals surface area contributed by atoms with E-state index in [1.165, 1.54) is 12.1 Å². The summed E-state index contributed by atoms with van der Waals surface area (Å²) in [5.74, 6) is -1.11. The molecule has 1 amide bonds. The first kappa shape index (κ1) is 13.1. The Morgan fingerprint density at radius 1 is 1.62 bits per heavy atom. The molecular formula is C11H13BrFNO2. The summed E-state index contributed by atoms with van der Waals surface area (Å²) in [7, 11) is 0. The van der Waals surface area contributed by atoms with Crippen LogP contribution in [0.15, 0.2) is 22.7 Å². The molecule has 0 aliphatic rings. The highest BCUT2D eigenvalue weighted by Crippen LogP contribution is 2.19. The molecule has 0 aliphatic heterocycles. The van der Waals surface area contributed by atoms with Crippen LogP contribution >= 0.6 is 15.9 Å². The lowest BCUT2D eigenvalue weighted by atomic mass is 10.1. The molecule has 0 saturated heterocycles. The van der Waals surface area contributed by atoms with Crippen molar-refractivity contribution in [3.8, 4) is 0 Å². The summed E-state index contributed by atoms with van der Waals surface area (Å²) in [4.78, 5) is 11.7. The number of halogens is 2. The molecule has 0 saturated carbocycles. The quantitative estimate of drug-likeness (QED) is 0.892. The van der Waals surface area contributed by atoms with Crippen LogP contribution in [0.3, 0.4) is 0 Å². The maximum Gasteiger partial charge on any atom is 0.255 e. The standard InChI is InChI=1S/C11H13BrFNO2/c1-2-7(6-15)14-11(16)10-8(12)4-3-5-9(10)13/h3-5,7,15H,2,6H2,1H3,(H,14,16)/t7-/m1/s1. The summed E-state index contributed by atoms with van der Waals surface area (Å²) in [5.41, 5.74) is -0.0330. The van der Waals surface area contributed by atoms with Gasteiger partial charge < -0.3 is 10.4 Å². The summed E-state index contributed by atoms with van der Waals surface area (Å²) < 4.78 is 13.8. The SMILES string of the molecule is CC[C@H](CO)NC(=O)c1c(F)cccc1Br. The first-order valence-electron chi connectivity index (χ1n) is 4.95. The number of aliphatic hydroxyl groups is 1. The molecule has 0 radical (unpaired) electrons. The Hall–Kier alpha value is -0.940. The van der Waals surface area contributed by atoms with E-state index in [0.29, 0.717) is 10.9 Å². The highest BCUT2D eigenvalue weighted by molar-refractivity contribution is 9.10. The molecular weight excluding hydrogens is 277 g/mol. The number of amides is 1.